The maximum absolute atomic E-state index is 10.3. The highest BCUT2D eigenvalue weighted by Crippen LogP contribution is 2.34. The quantitative estimate of drug-likeness (QED) is 0.753. The van der Waals surface area contributed by atoms with Crippen LogP contribution in [0.15, 0.2) is 0 Å². The second kappa shape index (κ2) is 5.68. The third-order valence-corrected chi connectivity index (χ3v) is 3.44. The maximum Gasteiger partial charge on any atom is 0.0656 e. The molecule has 1 fully saturated rings. The summed E-state index contributed by atoms with van der Waals surface area (Å²) in [5.41, 5.74) is -0.621. The zero-order valence-electron chi connectivity index (χ0n) is 12.0. The van der Waals surface area contributed by atoms with Crippen LogP contribution in [0.5, 0.6) is 0 Å². The molecule has 1 rings (SSSR count). The van der Waals surface area contributed by atoms with Gasteiger partial charge in [0, 0.05) is 12.5 Å². The van der Waals surface area contributed by atoms with Gasteiger partial charge in [-0.2, -0.15) is 0 Å². The van der Waals surface area contributed by atoms with E-state index in [1.165, 1.54) is 0 Å². The molecule has 1 aliphatic heterocycles. The van der Waals surface area contributed by atoms with E-state index in [-0.39, 0.29) is 11.7 Å². The fraction of sp³-hybridized carbons (Fsp3) is 1.00. The highest BCUT2D eigenvalue weighted by atomic mass is 16.5. The van der Waals surface area contributed by atoms with Crippen LogP contribution in [0, 0.1) is 0 Å². The fourth-order valence-electron chi connectivity index (χ4n) is 2.44. The topological polar surface area (TPSA) is 41.5 Å². The summed E-state index contributed by atoms with van der Waals surface area (Å²) in [4.78, 5) is 0. The normalized spacial score (nSPS) is 27.4. The Hall–Kier alpha value is -0.120. The van der Waals surface area contributed by atoms with Crippen LogP contribution in [-0.2, 0) is 4.74 Å². The van der Waals surface area contributed by atoms with Gasteiger partial charge in [-0.15, -0.1) is 0 Å². The van der Waals surface area contributed by atoms with Gasteiger partial charge in [-0.25, -0.2) is 0 Å². The summed E-state index contributed by atoms with van der Waals surface area (Å²) in [6, 6.07) is 0.479. The third-order valence-electron chi connectivity index (χ3n) is 3.44. The van der Waals surface area contributed by atoms with Crippen molar-refractivity contribution in [1.82, 2.24) is 5.32 Å². The monoisotopic (exact) mass is 243 g/mol. The van der Waals surface area contributed by atoms with Crippen molar-refractivity contribution in [2.24, 2.45) is 0 Å². The van der Waals surface area contributed by atoms with Crippen LogP contribution in [0.2, 0.25) is 0 Å². The first-order chi connectivity index (χ1) is 7.70. The molecule has 0 bridgehead atoms. The molecule has 3 nitrogen and oxygen atoms in total. The Morgan fingerprint density at radius 2 is 2.12 bits per heavy atom. The number of nitrogens with one attached hydrogen (secondary N) is 1. The molecule has 0 saturated carbocycles. The minimum atomic E-state index is -0.618. The minimum absolute atomic E-state index is 0.00305. The van der Waals surface area contributed by atoms with Crippen LogP contribution in [0.1, 0.15) is 60.3 Å². The molecular formula is C14H29NO2. The lowest BCUT2D eigenvalue weighted by molar-refractivity contribution is -0.0603. The molecule has 17 heavy (non-hydrogen) atoms. The average Bonchev–Trinajstić information content (AvgIpc) is 2.43. The van der Waals surface area contributed by atoms with E-state index in [2.05, 4.69) is 33.0 Å². The molecule has 0 spiro atoms. The number of aliphatic hydroxyl groups is 1. The molecule has 0 aromatic rings. The summed E-state index contributed by atoms with van der Waals surface area (Å²) < 4.78 is 5.93. The van der Waals surface area contributed by atoms with Crippen LogP contribution in [0.4, 0.5) is 0 Å². The van der Waals surface area contributed by atoms with E-state index >= 15 is 0 Å². The van der Waals surface area contributed by atoms with E-state index in [0.29, 0.717) is 6.04 Å². The predicted octanol–water partition coefficient (Wildman–Crippen LogP) is 2.47. The van der Waals surface area contributed by atoms with Gasteiger partial charge in [0.25, 0.3) is 0 Å². The maximum atomic E-state index is 10.3. The molecule has 0 aromatic carbocycles. The molecular weight excluding hydrogens is 214 g/mol. The smallest absolute Gasteiger partial charge is 0.0656 e. The molecule has 3 heteroatoms. The van der Waals surface area contributed by atoms with Crippen molar-refractivity contribution in [1.29, 1.82) is 0 Å². The Balaban J connectivity index is 2.29. The van der Waals surface area contributed by atoms with E-state index < -0.39 is 5.60 Å². The molecule has 0 aliphatic carbocycles. The number of ether oxygens (including phenoxy) is 1. The highest BCUT2D eigenvalue weighted by Gasteiger charge is 2.35. The largest absolute Gasteiger partial charge is 0.390 e. The summed E-state index contributed by atoms with van der Waals surface area (Å²) in [5.74, 6) is 0. The molecule has 0 amide bonds. The summed E-state index contributed by atoms with van der Waals surface area (Å²) in [7, 11) is 0. The summed E-state index contributed by atoms with van der Waals surface area (Å²) in [6.07, 6.45) is 3.92. The van der Waals surface area contributed by atoms with Gasteiger partial charge >= 0.3 is 0 Å². The Morgan fingerprint density at radius 1 is 1.47 bits per heavy atom. The Labute approximate surface area is 106 Å². The second-order valence-electron chi connectivity index (χ2n) is 6.60. The van der Waals surface area contributed by atoms with Crippen molar-refractivity contribution >= 4 is 0 Å². The first-order valence-corrected chi connectivity index (χ1v) is 6.84. The zero-order chi connectivity index (χ0) is 13.1. The summed E-state index contributed by atoms with van der Waals surface area (Å²) in [5, 5.41) is 13.7. The molecule has 0 radical (unpaired) electrons. The van der Waals surface area contributed by atoms with Crippen molar-refractivity contribution in [3.8, 4) is 0 Å². The highest BCUT2D eigenvalue weighted by molar-refractivity contribution is 4.86. The standard InChI is InChI=1S/C14H29NO2/c1-11(2)15-9-8-14(5,16)10-12-6-7-13(3,4)17-12/h11-12,15-16H,6-10H2,1-5H3. The van der Waals surface area contributed by atoms with E-state index in [1.807, 2.05) is 6.92 Å². The minimum Gasteiger partial charge on any atom is -0.390 e. The Kier molecular flexibility index (Phi) is 4.99. The van der Waals surface area contributed by atoms with Crippen LogP contribution in [0.3, 0.4) is 0 Å². The van der Waals surface area contributed by atoms with Gasteiger partial charge in [-0.3, -0.25) is 0 Å². The SMILES string of the molecule is CC(C)NCCC(C)(O)CC1CCC(C)(C)O1. The molecule has 1 aliphatic rings. The van der Waals surface area contributed by atoms with Gasteiger partial charge in [-0.1, -0.05) is 13.8 Å². The van der Waals surface area contributed by atoms with Crippen molar-refractivity contribution < 1.29 is 9.84 Å². The first-order valence-electron chi connectivity index (χ1n) is 6.84. The van der Waals surface area contributed by atoms with Crippen LogP contribution in [-0.4, -0.2) is 35.0 Å². The van der Waals surface area contributed by atoms with Crippen molar-refractivity contribution in [2.75, 3.05) is 6.54 Å². The van der Waals surface area contributed by atoms with Crippen LogP contribution in [0.25, 0.3) is 0 Å². The van der Waals surface area contributed by atoms with Gasteiger partial charge in [0.1, 0.15) is 0 Å². The number of rotatable bonds is 6. The summed E-state index contributed by atoms with van der Waals surface area (Å²) >= 11 is 0. The predicted molar refractivity (Wildman–Crippen MR) is 71.2 cm³/mol. The summed E-state index contributed by atoms with van der Waals surface area (Å²) in [6.45, 7) is 11.3. The van der Waals surface area contributed by atoms with E-state index in [1.54, 1.807) is 0 Å². The lowest BCUT2D eigenvalue weighted by Gasteiger charge is -2.28. The van der Waals surface area contributed by atoms with E-state index in [0.717, 1.165) is 32.2 Å². The van der Waals surface area contributed by atoms with Crippen molar-refractivity contribution in [3.05, 3.63) is 0 Å². The van der Waals surface area contributed by atoms with E-state index in [9.17, 15) is 5.11 Å². The van der Waals surface area contributed by atoms with Crippen molar-refractivity contribution in [3.63, 3.8) is 0 Å². The lowest BCUT2D eigenvalue weighted by atomic mass is 9.93. The Morgan fingerprint density at radius 3 is 2.59 bits per heavy atom. The number of hydrogen-bond donors (Lipinski definition) is 2. The lowest BCUT2D eigenvalue weighted by Crippen LogP contribution is -2.36. The van der Waals surface area contributed by atoms with Gasteiger partial charge in [0.05, 0.1) is 17.3 Å². The molecule has 2 unspecified atom stereocenters. The number of hydrogen-bond acceptors (Lipinski definition) is 3. The first kappa shape index (κ1) is 14.9. The molecule has 0 aromatic heterocycles. The average molecular weight is 243 g/mol. The van der Waals surface area contributed by atoms with Gasteiger partial charge in [0.15, 0.2) is 0 Å². The molecule has 102 valence electrons. The van der Waals surface area contributed by atoms with Crippen molar-refractivity contribution in [2.45, 2.75) is 83.6 Å². The zero-order valence-corrected chi connectivity index (χ0v) is 12.0. The van der Waals surface area contributed by atoms with Crippen LogP contribution < -0.4 is 5.32 Å². The fourth-order valence-corrected chi connectivity index (χ4v) is 2.44. The molecule has 1 heterocycles. The van der Waals surface area contributed by atoms with Crippen LogP contribution >= 0.6 is 0 Å². The molecule has 2 atom stereocenters. The second-order valence-corrected chi connectivity index (χ2v) is 6.60. The molecule has 2 N–H and O–H groups in total. The Bertz CT molecular complexity index is 236. The molecule has 1 saturated heterocycles. The van der Waals surface area contributed by atoms with Gasteiger partial charge in [-0.05, 0) is 46.6 Å². The van der Waals surface area contributed by atoms with E-state index in [4.69, 9.17) is 4.74 Å². The van der Waals surface area contributed by atoms with Gasteiger partial charge in [0.2, 0.25) is 0 Å². The third kappa shape index (κ3) is 5.84. The van der Waals surface area contributed by atoms with Gasteiger partial charge < -0.3 is 15.2 Å².